The molecular formula is C19H20IN3O2. The molecule has 0 radical (unpaired) electrons. The highest BCUT2D eigenvalue weighted by molar-refractivity contribution is 14.1. The number of hydrogen-bond donors (Lipinski definition) is 1. The first-order valence-corrected chi connectivity index (χ1v) is 9.48. The maximum absolute atomic E-state index is 6.10. The second kappa shape index (κ2) is 7.72. The Morgan fingerprint density at radius 1 is 1.32 bits per heavy atom. The van der Waals surface area contributed by atoms with Crippen molar-refractivity contribution in [3.05, 3.63) is 57.9 Å². The van der Waals surface area contributed by atoms with Crippen molar-refractivity contribution in [1.82, 2.24) is 9.97 Å². The van der Waals surface area contributed by atoms with Crippen LogP contribution >= 0.6 is 22.6 Å². The molecule has 4 rings (SSSR count). The molecule has 1 aliphatic rings. The van der Waals surface area contributed by atoms with Crippen LogP contribution < -0.4 is 4.90 Å². The van der Waals surface area contributed by atoms with E-state index >= 15 is 0 Å². The first-order valence-electron chi connectivity index (χ1n) is 8.40. The van der Waals surface area contributed by atoms with E-state index in [9.17, 15) is 0 Å². The molecule has 1 aliphatic heterocycles. The van der Waals surface area contributed by atoms with Crippen molar-refractivity contribution in [1.29, 1.82) is 0 Å². The van der Waals surface area contributed by atoms with Crippen molar-refractivity contribution >= 4 is 39.3 Å². The second-order valence-electron chi connectivity index (χ2n) is 6.17. The van der Waals surface area contributed by atoms with Gasteiger partial charge in [0, 0.05) is 28.2 Å². The number of nitrogens with zero attached hydrogens (tertiary/aromatic N) is 2. The number of ether oxygens (including phenoxy) is 2. The second-order valence-corrected chi connectivity index (χ2v) is 7.33. The van der Waals surface area contributed by atoms with Crippen molar-refractivity contribution in [2.75, 3.05) is 31.2 Å². The number of benzene rings is 1. The summed E-state index contributed by atoms with van der Waals surface area (Å²) in [5.74, 6) is 0. The van der Waals surface area contributed by atoms with Gasteiger partial charge in [0.2, 0.25) is 0 Å². The third-order valence-electron chi connectivity index (χ3n) is 4.39. The van der Waals surface area contributed by atoms with Crippen molar-refractivity contribution in [3.8, 4) is 0 Å². The van der Waals surface area contributed by atoms with Crippen molar-refractivity contribution in [2.45, 2.75) is 12.7 Å². The molecule has 0 spiro atoms. The standard InChI is InChI=1S/C19H20IN3O2/c20-18-10-22-19-17(18)8-15(9-21-19)23-6-7-24-13-16(11-23)25-12-14-4-2-1-3-5-14/h1-5,8-10,16H,6-7,11-13H2,(H,21,22). The van der Waals surface area contributed by atoms with Gasteiger partial charge in [-0.25, -0.2) is 4.98 Å². The van der Waals surface area contributed by atoms with Crippen LogP contribution in [0.5, 0.6) is 0 Å². The Bertz CT molecular complexity index is 837. The van der Waals surface area contributed by atoms with E-state index in [4.69, 9.17) is 9.47 Å². The van der Waals surface area contributed by atoms with Gasteiger partial charge < -0.3 is 19.4 Å². The van der Waals surface area contributed by atoms with Crippen LogP contribution in [0.15, 0.2) is 48.8 Å². The average molecular weight is 449 g/mol. The quantitative estimate of drug-likeness (QED) is 0.619. The molecule has 3 aromatic rings. The van der Waals surface area contributed by atoms with Crippen molar-refractivity contribution < 1.29 is 9.47 Å². The monoisotopic (exact) mass is 449 g/mol. The Kier molecular flexibility index (Phi) is 5.19. The molecule has 1 fully saturated rings. The molecule has 0 saturated carbocycles. The summed E-state index contributed by atoms with van der Waals surface area (Å²) in [4.78, 5) is 10.0. The number of aromatic amines is 1. The number of anilines is 1. The van der Waals surface area contributed by atoms with Gasteiger partial charge in [-0.1, -0.05) is 30.3 Å². The molecule has 6 heteroatoms. The van der Waals surface area contributed by atoms with Crippen molar-refractivity contribution in [2.24, 2.45) is 0 Å². The highest BCUT2D eigenvalue weighted by Gasteiger charge is 2.20. The molecule has 0 amide bonds. The molecule has 130 valence electrons. The molecule has 25 heavy (non-hydrogen) atoms. The van der Waals surface area contributed by atoms with Crippen LogP contribution in [0.25, 0.3) is 11.0 Å². The summed E-state index contributed by atoms with van der Waals surface area (Å²) in [6, 6.07) is 12.5. The van der Waals surface area contributed by atoms with Crippen LogP contribution in [0, 0.1) is 3.57 Å². The highest BCUT2D eigenvalue weighted by Crippen LogP contribution is 2.24. The summed E-state index contributed by atoms with van der Waals surface area (Å²) in [5.41, 5.74) is 3.23. The molecule has 1 aromatic carbocycles. The number of fused-ring (bicyclic) bond motifs is 1. The maximum Gasteiger partial charge on any atom is 0.138 e. The zero-order valence-electron chi connectivity index (χ0n) is 13.8. The zero-order valence-corrected chi connectivity index (χ0v) is 16.0. The molecule has 0 bridgehead atoms. The van der Waals surface area contributed by atoms with Crippen LogP contribution in [0.1, 0.15) is 5.56 Å². The summed E-state index contributed by atoms with van der Waals surface area (Å²) in [7, 11) is 0. The average Bonchev–Trinajstić information content (AvgIpc) is 2.87. The van der Waals surface area contributed by atoms with Crippen molar-refractivity contribution in [3.63, 3.8) is 0 Å². The lowest BCUT2D eigenvalue weighted by Crippen LogP contribution is -2.34. The van der Waals surface area contributed by atoms with Gasteiger partial charge >= 0.3 is 0 Å². The number of H-pyrrole nitrogens is 1. The van der Waals surface area contributed by atoms with Crippen LogP contribution in [0.4, 0.5) is 5.69 Å². The lowest BCUT2D eigenvalue weighted by atomic mass is 10.2. The van der Waals surface area contributed by atoms with E-state index in [1.54, 1.807) is 0 Å². The fourth-order valence-electron chi connectivity index (χ4n) is 3.04. The van der Waals surface area contributed by atoms with Crippen LogP contribution in [-0.2, 0) is 16.1 Å². The minimum atomic E-state index is 0.0451. The topological polar surface area (TPSA) is 50.4 Å². The molecule has 0 aliphatic carbocycles. The predicted molar refractivity (Wildman–Crippen MR) is 107 cm³/mol. The van der Waals surface area contributed by atoms with Crippen LogP contribution in [-0.4, -0.2) is 42.4 Å². The number of nitrogens with one attached hydrogen (secondary N) is 1. The summed E-state index contributed by atoms with van der Waals surface area (Å²) in [6.07, 6.45) is 3.96. The summed E-state index contributed by atoms with van der Waals surface area (Å²) < 4.78 is 13.0. The smallest absolute Gasteiger partial charge is 0.138 e. The molecular weight excluding hydrogens is 429 g/mol. The van der Waals surface area contributed by atoms with Gasteiger partial charge in [0.1, 0.15) is 5.65 Å². The third-order valence-corrected chi connectivity index (χ3v) is 5.29. The molecule has 5 nitrogen and oxygen atoms in total. The van der Waals surface area contributed by atoms with E-state index in [2.05, 4.69) is 55.7 Å². The van der Waals surface area contributed by atoms with E-state index < -0.39 is 0 Å². The minimum Gasteiger partial charge on any atom is -0.377 e. The van der Waals surface area contributed by atoms with E-state index in [-0.39, 0.29) is 6.10 Å². The summed E-state index contributed by atoms with van der Waals surface area (Å²) in [5, 5.41) is 1.16. The van der Waals surface area contributed by atoms with Gasteiger partial charge in [-0.3, -0.25) is 0 Å². The fourth-order valence-corrected chi connectivity index (χ4v) is 3.60. The predicted octanol–water partition coefficient (Wildman–Crippen LogP) is 3.59. The molecule has 1 atom stereocenters. The maximum atomic E-state index is 6.10. The number of pyridine rings is 1. The molecule has 1 unspecified atom stereocenters. The highest BCUT2D eigenvalue weighted by atomic mass is 127. The van der Waals surface area contributed by atoms with Gasteiger partial charge in [-0.2, -0.15) is 0 Å². The number of aromatic nitrogens is 2. The number of halogens is 1. The Morgan fingerprint density at radius 2 is 2.20 bits per heavy atom. The van der Waals surface area contributed by atoms with Gasteiger partial charge in [-0.15, -0.1) is 0 Å². The molecule has 1 N–H and O–H groups in total. The lowest BCUT2D eigenvalue weighted by Gasteiger charge is -2.25. The third kappa shape index (κ3) is 3.96. The normalized spacial score (nSPS) is 18.4. The van der Waals surface area contributed by atoms with E-state index in [1.165, 1.54) is 9.13 Å². The molecule has 2 aromatic heterocycles. The van der Waals surface area contributed by atoms with Gasteiger partial charge in [-0.05, 0) is 34.2 Å². The first kappa shape index (κ1) is 16.8. The zero-order chi connectivity index (χ0) is 17.1. The summed E-state index contributed by atoms with van der Waals surface area (Å²) >= 11 is 2.33. The van der Waals surface area contributed by atoms with Gasteiger partial charge in [0.25, 0.3) is 0 Å². The Balaban J connectivity index is 1.47. The minimum absolute atomic E-state index is 0.0451. The summed E-state index contributed by atoms with van der Waals surface area (Å²) in [6.45, 7) is 3.59. The first-order chi connectivity index (χ1) is 12.3. The number of rotatable bonds is 4. The molecule has 1 saturated heterocycles. The number of hydrogen-bond acceptors (Lipinski definition) is 4. The molecule has 3 heterocycles. The Hall–Kier alpha value is -1.64. The Labute approximate surface area is 160 Å². The van der Waals surface area contributed by atoms with E-state index in [1.807, 2.05) is 30.6 Å². The Morgan fingerprint density at radius 3 is 3.08 bits per heavy atom. The fraction of sp³-hybridized carbons (Fsp3) is 0.316. The van der Waals surface area contributed by atoms with Gasteiger partial charge in [0.05, 0.1) is 37.8 Å². The largest absolute Gasteiger partial charge is 0.377 e. The van der Waals surface area contributed by atoms with E-state index in [0.29, 0.717) is 19.8 Å². The van der Waals surface area contributed by atoms with Crippen LogP contribution in [0.3, 0.4) is 0 Å². The lowest BCUT2D eigenvalue weighted by molar-refractivity contribution is -0.00795. The van der Waals surface area contributed by atoms with E-state index in [0.717, 1.165) is 29.8 Å². The van der Waals surface area contributed by atoms with Gasteiger partial charge in [0.15, 0.2) is 0 Å². The van der Waals surface area contributed by atoms with Crippen LogP contribution in [0.2, 0.25) is 0 Å². The SMILES string of the molecule is Ic1c[nH]c2ncc(N3CCOCC(OCc4ccccc4)C3)cc12.